The highest BCUT2D eigenvalue weighted by Gasteiger charge is 2.54. The van der Waals surface area contributed by atoms with Gasteiger partial charge in [0.25, 0.3) is 5.91 Å². The maximum atomic E-state index is 14.8. The number of carbonyl (C=O) groups excluding carboxylic acids is 4. The summed E-state index contributed by atoms with van der Waals surface area (Å²) in [5, 5.41) is 20.4. The van der Waals surface area contributed by atoms with Crippen LogP contribution in [0.15, 0.2) is 54.7 Å². The smallest absolute Gasteiger partial charge is 0.324 e. The van der Waals surface area contributed by atoms with Gasteiger partial charge in [0.15, 0.2) is 0 Å². The molecule has 4 N–H and O–H groups in total. The summed E-state index contributed by atoms with van der Waals surface area (Å²) < 4.78 is 8.50. The first kappa shape index (κ1) is 45.8. The number of likely N-dealkylation sites (tertiary alicyclic amines) is 2. The molecule has 1 spiro atoms. The van der Waals surface area contributed by atoms with Gasteiger partial charge >= 0.3 is 5.97 Å². The van der Waals surface area contributed by atoms with E-state index < -0.39 is 46.7 Å². The van der Waals surface area contributed by atoms with Crippen LogP contribution in [0, 0.1) is 16.7 Å². The van der Waals surface area contributed by atoms with E-state index in [1.54, 1.807) is 17.0 Å². The monoisotopic (exact) mass is 901 g/mol. The van der Waals surface area contributed by atoms with E-state index >= 15 is 0 Å². The highest BCUT2D eigenvalue weighted by molar-refractivity contribution is 5.96. The third kappa shape index (κ3) is 8.95. The lowest BCUT2D eigenvalue weighted by Gasteiger charge is -2.37. The number of hydrogen-bond acceptors (Lipinski definition) is 10. The molecule has 2 aromatic carbocycles. The van der Waals surface area contributed by atoms with Gasteiger partial charge in [0.2, 0.25) is 11.8 Å². The molecule has 14 nitrogen and oxygen atoms in total. The zero-order chi connectivity index (χ0) is 46.7. The summed E-state index contributed by atoms with van der Waals surface area (Å²) in [5.41, 5.74) is 9.85. The van der Waals surface area contributed by atoms with E-state index in [9.17, 15) is 24.3 Å². The fourth-order valence-electron chi connectivity index (χ4n) is 11.3. The number of hydrogen-bond donors (Lipinski definition) is 4. The number of fused-ring (bicyclic) bond motifs is 6. The molecule has 5 aliphatic heterocycles. The van der Waals surface area contributed by atoms with Crippen LogP contribution in [0.25, 0.3) is 33.3 Å². The van der Waals surface area contributed by atoms with Gasteiger partial charge in [-0.15, -0.1) is 0 Å². The molecular weight excluding hydrogens is 833 g/mol. The molecule has 14 heteroatoms. The normalized spacial score (nSPS) is 25.2. The number of benzene rings is 2. The summed E-state index contributed by atoms with van der Waals surface area (Å²) in [5.74, 6) is -1.24. The summed E-state index contributed by atoms with van der Waals surface area (Å²) >= 11 is 0. The summed E-state index contributed by atoms with van der Waals surface area (Å²) in [6.45, 7) is 19.7. The summed E-state index contributed by atoms with van der Waals surface area (Å²) in [6, 6.07) is 13.7. The summed E-state index contributed by atoms with van der Waals surface area (Å²) in [4.78, 5) is 66.9. The van der Waals surface area contributed by atoms with E-state index in [0.717, 1.165) is 77.1 Å². The van der Waals surface area contributed by atoms with Crippen LogP contribution in [0.1, 0.15) is 96.9 Å². The van der Waals surface area contributed by atoms with Crippen molar-refractivity contribution in [1.82, 2.24) is 40.4 Å². The van der Waals surface area contributed by atoms with Gasteiger partial charge in [0.1, 0.15) is 23.9 Å². The number of phenolic OH excluding ortho intramolecular Hbond substituents is 1. The minimum absolute atomic E-state index is 0.0146. The Hall–Kier alpha value is -5.31. The molecule has 352 valence electrons. The van der Waals surface area contributed by atoms with E-state index in [0.29, 0.717) is 56.9 Å². The quantitative estimate of drug-likeness (QED) is 0.119. The van der Waals surface area contributed by atoms with Crippen LogP contribution >= 0.6 is 0 Å². The minimum Gasteiger partial charge on any atom is -0.508 e. The average Bonchev–Trinajstić information content (AvgIpc) is 3.83. The number of aryl methyl sites for hydroxylation is 1. The van der Waals surface area contributed by atoms with Crippen LogP contribution in [0.2, 0.25) is 0 Å². The van der Waals surface area contributed by atoms with Crippen molar-refractivity contribution in [3.8, 4) is 28.1 Å². The van der Waals surface area contributed by atoms with Gasteiger partial charge in [-0.1, -0.05) is 53.7 Å². The second kappa shape index (κ2) is 18.1. The predicted octanol–water partition coefficient (Wildman–Crippen LogP) is 5.79. The van der Waals surface area contributed by atoms with Crippen molar-refractivity contribution < 1.29 is 29.0 Å². The first-order valence-electron chi connectivity index (χ1n) is 24.3. The Kier molecular flexibility index (Phi) is 12.5. The molecule has 0 radical (unpaired) electrons. The van der Waals surface area contributed by atoms with Gasteiger partial charge in [0, 0.05) is 79.8 Å². The number of ether oxygens (including phenoxy) is 1. The van der Waals surface area contributed by atoms with Crippen LogP contribution in [-0.2, 0) is 43.3 Å². The van der Waals surface area contributed by atoms with Crippen LogP contribution < -0.4 is 16.1 Å². The van der Waals surface area contributed by atoms with Gasteiger partial charge in [-0.3, -0.25) is 29.2 Å². The van der Waals surface area contributed by atoms with Crippen LogP contribution in [0.5, 0.6) is 5.75 Å². The molecule has 5 atom stereocenters. The Labute approximate surface area is 388 Å². The average molecular weight is 901 g/mol. The van der Waals surface area contributed by atoms with Crippen LogP contribution in [0.4, 0.5) is 0 Å². The topological polar surface area (TPSA) is 171 Å². The van der Waals surface area contributed by atoms with Gasteiger partial charge < -0.3 is 34.8 Å². The first-order chi connectivity index (χ1) is 31.5. The number of hydrazine groups is 1. The third-order valence-electron chi connectivity index (χ3n) is 14.7. The number of phenols is 1. The standard InChI is InChI=1S/C52H68N8O6/c1-8-58-43-14-13-34-25-39(43)40(46(58)38-11-9-17-53-44(38)31(2)3)26-51(6,7)30-66-49(64)41-12-10-18-60(56-41)48(63)42(23-33-21-35(34)24-37(61)22-33)55-47(62)45(32(4)5)59-20-16-52(50(59)65)15-19-57(29-52)28-36-27-54-36/h9,11,13-14,17,21-22,24-25,31-32,36,41-42,45,54,56,61H,8,10,12,15-16,18-20,23,26-30H2,1-7H3,(H,55,62)/t36-,41+,42+,45+,52-/m1/s1. The molecule has 0 aliphatic carbocycles. The van der Waals surface area contributed by atoms with Crippen LogP contribution in [-0.4, -0.2) is 123 Å². The Morgan fingerprint density at radius 3 is 2.55 bits per heavy atom. The highest BCUT2D eigenvalue weighted by atomic mass is 16.5. The van der Waals surface area contributed by atoms with E-state index in [4.69, 9.17) is 9.72 Å². The van der Waals surface area contributed by atoms with Gasteiger partial charge in [-0.2, -0.15) is 0 Å². The Morgan fingerprint density at radius 2 is 1.80 bits per heavy atom. The lowest BCUT2D eigenvalue weighted by atomic mass is 9.83. The van der Waals surface area contributed by atoms with Crippen molar-refractivity contribution in [3.05, 3.63) is 71.5 Å². The molecule has 4 aromatic rings. The number of cyclic esters (lactones) is 1. The maximum absolute atomic E-state index is 14.8. The number of amides is 3. The number of aromatic hydroxyl groups is 1. The molecule has 9 rings (SSSR count). The molecule has 3 amide bonds. The largest absolute Gasteiger partial charge is 0.508 e. The molecule has 7 heterocycles. The van der Waals surface area contributed by atoms with Crippen molar-refractivity contribution >= 4 is 34.6 Å². The lowest BCUT2D eigenvalue weighted by molar-refractivity contribution is -0.155. The fraction of sp³-hybridized carbons (Fsp3) is 0.558. The van der Waals surface area contributed by atoms with Crippen molar-refractivity contribution in [2.24, 2.45) is 16.7 Å². The fourth-order valence-corrected chi connectivity index (χ4v) is 11.3. The summed E-state index contributed by atoms with van der Waals surface area (Å²) in [6.07, 6.45) is 5.00. The van der Waals surface area contributed by atoms with Crippen molar-refractivity contribution in [2.45, 2.75) is 124 Å². The number of nitrogens with zero attached hydrogens (tertiary/aromatic N) is 5. The zero-order valence-electron chi connectivity index (χ0n) is 39.8. The molecule has 6 bridgehead atoms. The molecule has 66 heavy (non-hydrogen) atoms. The molecule has 0 unspecified atom stereocenters. The van der Waals surface area contributed by atoms with Crippen LogP contribution in [0.3, 0.4) is 0 Å². The summed E-state index contributed by atoms with van der Waals surface area (Å²) in [7, 11) is 0. The molecular formula is C52H68N8O6. The maximum Gasteiger partial charge on any atom is 0.324 e. The number of nitrogens with one attached hydrogen (secondary N) is 3. The number of carbonyl (C=O) groups is 4. The highest BCUT2D eigenvalue weighted by Crippen LogP contribution is 2.44. The van der Waals surface area contributed by atoms with Gasteiger partial charge in [-0.05, 0) is 116 Å². The molecule has 0 saturated carbocycles. The molecule has 5 aliphatic rings. The molecule has 4 saturated heterocycles. The van der Waals surface area contributed by atoms with E-state index in [2.05, 4.69) is 84.4 Å². The number of esters is 1. The molecule has 2 aromatic heterocycles. The third-order valence-corrected chi connectivity index (χ3v) is 14.7. The molecule has 4 fully saturated rings. The number of aromatic nitrogens is 2. The number of rotatable bonds is 9. The van der Waals surface area contributed by atoms with Crippen molar-refractivity contribution in [3.63, 3.8) is 0 Å². The van der Waals surface area contributed by atoms with Crippen molar-refractivity contribution in [1.29, 1.82) is 0 Å². The van der Waals surface area contributed by atoms with E-state index in [1.807, 2.05) is 32.2 Å². The Balaban J connectivity index is 1.10. The second-order valence-corrected chi connectivity index (χ2v) is 21.1. The SMILES string of the molecule is CCn1c(-c2cccnc2C(C)C)c2c3cc(ccc31)-c1cc(O)cc(c1)C[C@H](NC(=O)[C@H](C(C)C)N1CC[C@@]3(CCN(C[C@H]4CN4)C3)C1=O)C(=O)N1CCC[C@H](N1)C(=O)OCC(C)(C)C2. The van der Waals surface area contributed by atoms with Crippen molar-refractivity contribution in [2.75, 3.05) is 45.9 Å². The predicted molar refractivity (Wildman–Crippen MR) is 254 cm³/mol. The van der Waals surface area contributed by atoms with E-state index in [-0.39, 0.29) is 36.5 Å². The number of pyridine rings is 1. The van der Waals surface area contributed by atoms with E-state index in [1.165, 1.54) is 5.01 Å². The van der Waals surface area contributed by atoms with Gasteiger partial charge in [0.05, 0.1) is 23.4 Å². The lowest BCUT2D eigenvalue weighted by Crippen LogP contribution is -2.62. The van der Waals surface area contributed by atoms with Gasteiger partial charge in [-0.25, -0.2) is 5.43 Å². The zero-order valence-corrected chi connectivity index (χ0v) is 39.8. The Bertz CT molecular complexity index is 2530. The second-order valence-electron chi connectivity index (χ2n) is 21.1. The minimum atomic E-state index is -1.09. The first-order valence-corrected chi connectivity index (χ1v) is 24.3. The Morgan fingerprint density at radius 1 is 1.02 bits per heavy atom.